The van der Waals surface area contributed by atoms with Crippen molar-refractivity contribution in [3.63, 3.8) is 0 Å². The molecule has 2 N–H and O–H groups in total. The van der Waals surface area contributed by atoms with E-state index >= 15 is 0 Å². The van der Waals surface area contributed by atoms with Gasteiger partial charge in [0.1, 0.15) is 6.42 Å². The molecule has 0 saturated carbocycles. The lowest BCUT2D eigenvalue weighted by atomic mass is 10.2. The molecule has 0 aliphatic rings. The molecule has 20 heavy (non-hydrogen) atoms. The van der Waals surface area contributed by atoms with Crippen LogP contribution < -0.4 is 10.6 Å². The van der Waals surface area contributed by atoms with Gasteiger partial charge >= 0.3 is 0 Å². The van der Waals surface area contributed by atoms with Gasteiger partial charge in [-0.2, -0.15) is 0 Å². The summed E-state index contributed by atoms with van der Waals surface area (Å²) >= 11 is 5.98. The fourth-order valence-corrected chi connectivity index (χ4v) is 1.73. The zero-order valence-corrected chi connectivity index (χ0v) is 12.5. The summed E-state index contributed by atoms with van der Waals surface area (Å²) < 4.78 is 0. The Morgan fingerprint density at radius 3 is 2.45 bits per heavy atom. The van der Waals surface area contributed by atoms with E-state index in [4.69, 9.17) is 11.6 Å². The first-order valence-electron chi connectivity index (χ1n) is 6.40. The van der Waals surface area contributed by atoms with Crippen LogP contribution in [0, 0.1) is 0 Å². The Morgan fingerprint density at radius 2 is 1.80 bits per heavy atom. The molecule has 6 heteroatoms. The first-order valence-corrected chi connectivity index (χ1v) is 6.78. The molecule has 0 aliphatic carbocycles. The van der Waals surface area contributed by atoms with Gasteiger partial charge in [-0.1, -0.05) is 29.8 Å². The van der Waals surface area contributed by atoms with E-state index in [1.165, 1.54) is 0 Å². The first-order chi connectivity index (χ1) is 9.49. The fraction of sp³-hybridized carbons (Fsp3) is 0.429. The molecule has 0 aromatic heterocycles. The zero-order valence-electron chi connectivity index (χ0n) is 11.8. The Hall–Kier alpha value is -1.59. The van der Waals surface area contributed by atoms with Gasteiger partial charge in [-0.25, -0.2) is 0 Å². The molecule has 1 aromatic rings. The summed E-state index contributed by atoms with van der Waals surface area (Å²) in [4.78, 5) is 25.1. The van der Waals surface area contributed by atoms with E-state index in [9.17, 15) is 9.59 Å². The molecule has 0 aliphatic heterocycles. The number of hydrogen-bond donors (Lipinski definition) is 2. The summed E-state index contributed by atoms with van der Waals surface area (Å²) in [6, 6.07) is 7.27. The van der Waals surface area contributed by atoms with Crippen molar-refractivity contribution >= 4 is 23.4 Å². The fourth-order valence-electron chi connectivity index (χ4n) is 1.53. The van der Waals surface area contributed by atoms with E-state index in [-0.39, 0.29) is 18.2 Å². The third-order valence-electron chi connectivity index (χ3n) is 2.64. The van der Waals surface area contributed by atoms with Crippen molar-refractivity contribution in [3.8, 4) is 0 Å². The van der Waals surface area contributed by atoms with Gasteiger partial charge in [0.25, 0.3) is 0 Å². The maximum atomic E-state index is 11.6. The van der Waals surface area contributed by atoms with Crippen molar-refractivity contribution in [3.05, 3.63) is 34.9 Å². The van der Waals surface area contributed by atoms with Crippen molar-refractivity contribution in [2.45, 2.75) is 13.0 Å². The molecule has 0 radical (unpaired) electrons. The Labute approximate surface area is 124 Å². The van der Waals surface area contributed by atoms with E-state index in [0.717, 1.165) is 12.1 Å². The van der Waals surface area contributed by atoms with E-state index < -0.39 is 0 Å². The van der Waals surface area contributed by atoms with Gasteiger partial charge in [0.15, 0.2) is 0 Å². The van der Waals surface area contributed by atoms with E-state index in [0.29, 0.717) is 18.1 Å². The second-order valence-corrected chi connectivity index (χ2v) is 5.11. The normalized spacial score (nSPS) is 10.4. The standard InChI is InChI=1S/C14H20ClN3O2/c1-18(2)8-7-16-13(19)9-14(20)17-10-11-5-3-4-6-12(11)15/h3-6H,7-10H2,1-2H3,(H,16,19)(H,17,20). The smallest absolute Gasteiger partial charge is 0.229 e. The highest BCUT2D eigenvalue weighted by Gasteiger charge is 2.09. The lowest BCUT2D eigenvalue weighted by Crippen LogP contribution is -2.35. The van der Waals surface area contributed by atoms with Crippen LogP contribution in [0.5, 0.6) is 0 Å². The van der Waals surface area contributed by atoms with Crippen LogP contribution in [0.3, 0.4) is 0 Å². The number of carbonyl (C=O) groups excluding carboxylic acids is 2. The third-order valence-corrected chi connectivity index (χ3v) is 3.00. The topological polar surface area (TPSA) is 61.4 Å². The second-order valence-electron chi connectivity index (χ2n) is 4.70. The van der Waals surface area contributed by atoms with Gasteiger partial charge in [0, 0.05) is 24.7 Å². The average molecular weight is 298 g/mol. The highest BCUT2D eigenvalue weighted by Crippen LogP contribution is 2.14. The van der Waals surface area contributed by atoms with Crippen molar-refractivity contribution in [1.82, 2.24) is 15.5 Å². The predicted molar refractivity (Wildman–Crippen MR) is 79.5 cm³/mol. The monoisotopic (exact) mass is 297 g/mol. The van der Waals surface area contributed by atoms with Crippen LogP contribution in [-0.4, -0.2) is 43.9 Å². The highest BCUT2D eigenvalue weighted by molar-refractivity contribution is 6.31. The molecule has 0 saturated heterocycles. The minimum atomic E-state index is -0.313. The molecule has 0 bridgehead atoms. The van der Waals surface area contributed by atoms with Gasteiger partial charge < -0.3 is 15.5 Å². The summed E-state index contributed by atoms with van der Waals surface area (Å²) in [7, 11) is 3.84. The van der Waals surface area contributed by atoms with E-state index in [1.807, 2.05) is 37.2 Å². The van der Waals surface area contributed by atoms with Crippen LogP contribution in [0.1, 0.15) is 12.0 Å². The number of nitrogens with zero attached hydrogens (tertiary/aromatic N) is 1. The molecule has 0 spiro atoms. The van der Waals surface area contributed by atoms with Crippen LogP contribution in [-0.2, 0) is 16.1 Å². The molecule has 0 atom stereocenters. The molecule has 0 fully saturated rings. The van der Waals surface area contributed by atoms with Gasteiger partial charge in [0.05, 0.1) is 0 Å². The molecular formula is C14H20ClN3O2. The van der Waals surface area contributed by atoms with E-state index in [1.54, 1.807) is 6.07 Å². The van der Waals surface area contributed by atoms with Crippen LogP contribution >= 0.6 is 11.6 Å². The van der Waals surface area contributed by atoms with Crippen molar-refractivity contribution in [1.29, 1.82) is 0 Å². The summed E-state index contributed by atoms with van der Waals surface area (Å²) in [5.41, 5.74) is 0.829. The Kier molecular flexibility index (Phi) is 7.04. The van der Waals surface area contributed by atoms with Gasteiger partial charge in [0.2, 0.25) is 11.8 Å². The quantitative estimate of drug-likeness (QED) is 0.739. The number of likely N-dealkylation sites (N-methyl/N-ethyl adjacent to an activating group) is 1. The summed E-state index contributed by atoms with van der Waals surface area (Å²) in [6.45, 7) is 1.60. The lowest BCUT2D eigenvalue weighted by molar-refractivity contribution is -0.129. The summed E-state index contributed by atoms with van der Waals surface area (Å²) in [5.74, 6) is -0.587. The second kappa shape index (κ2) is 8.55. The average Bonchev–Trinajstić information content (AvgIpc) is 2.37. The maximum Gasteiger partial charge on any atom is 0.229 e. The van der Waals surface area contributed by atoms with Gasteiger partial charge in [-0.05, 0) is 25.7 Å². The summed E-state index contributed by atoms with van der Waals surface area (Å²) in [5, 5.41) is 5.96. The maximum absolute atomic E-state index is 11.6. The van der Waals surface area contributed by atoms with Crippen LogP contribution in [0.15, 0.2) is 24.3 Å². The lowest BCUT2D eigenvalue weighted by Gasteiger charge is -2.10. The molecule has 110 valence electrons. The van der Waals surface area contributed by atoms with Gasteiger partial charge in [-0.3, -0.25) is 9.59 Å². The Bertz CT molecular complexity index is 463. The number of halogens is 1. The molecule has 1 aromatic carbocycles. The minimum absolute atomic E-state index is 0.169. The molecule has 1 rings (SSSR count). The number of hydrogen-bond acceptors (Lipinski definition) is 3. The van der Waals surface area contributed by atoms with Crippen LogP contribution in [0.4, 0.5) is 0 Å². The largest absolute Gasteiger partial charge is 0.354 e. The SMILES string of the molecule is CN(C)CCNC(=O)CC(=O)NCc1ccccc1Cl. The summed E-state index contributed by atoms with van der Waals surface area (Å²) in [6.07, 6.45) is -0.169. The number of benzene rings is 1. The molecule has 2 amide bonds. The number of carbonyl (C=O) groups is 2. The third kappa shape index (κ3) is 6.54. The Morgan fingerprint density at radius 1 is 1.15 bits per heavy atom. The van der Waals surface area contributed by atoms with Crippen LogP contribution in [0.2, 0.25) is 5.02 Å². The number of rotatable bonds is 7. The number of amides is 2. The van der Waals surface area contributed by atoms with Crippen molar-refractivity contribution < 1.29 is 9.59 Å². The van der Waals surface area contributed by atoms with E-state index in [2.05, 4.69) is 10.6 Å². The van der Waals surface area contributed by atoms with Crippen molar-refractivity contribution in [2.24, 2.45) is 0 Å². The highest BCUT2D eigenvalue weighted by atomic mass is 35.5. The predicted octanol–water partition coefficient (Wildman–Crippen LogP) is 1.02. The van der Waals surface area contributed by atoms with Gasteiger partial charge in [-0.15, -0.1) is 0 Å². The van der Waals surface area contributed by atoms with Crippen LogP contribution in [0.25, 0.3) is 0 Å². The number of nitrogens with one attached hydrogen (secondary N) is 2. The zero-order chi connectivity index (χ0) is 15.0. The minimum Gasteiger partial charge on any atom is -0.354 e. The molecular weight excluding hydrogens is 278 g/mol. The molecule has 0 heterocycles. The molecule has 0 unspecified atom stereocenters. The van der Waals surface area contributed by atoms with Crippen molar-refractivity contribution in [2.75, 3.05) is 27.2 Å². The Balaban J connectivity index is 2.26. The molecule has 5 nitrogen and oxygen atoms in total. The first kappa shape index (κ1) is 16.5.